The van der Waals surface area contributed by atoms with Gasteiger partial charge in [0.25, 0.3) is 16.4 Å². The predicted molar refractivity (Wildman–Crippen MR) is 74.6 cm³/mol. The van der Waals surface area contributed by atoms with Crippen LogP contribution in [-0.2, 0) is 14.3 Å². The molecule has 0 atom stereocenters. The maximum absolute atomic E-state index is 12.1. The minimum Gasteiger partial charge on any atom is -0.388 e. The highest BCUT2D eigenvalue weighted by Crippen LogP contribution is 2.21. The molecule has 0 radical (unpaired) electrons. The average Bonchev–Trinajstić information content (AvgIpc) is 2.40. The van der Waals surface area contributed by atoms with E-state index in [1.807, 2.05) is 13.8 Å². The number of benzene rings is 1. The molecule has 0 spiro atoms. The van der Waals surface area contributed by atoms with Crippen molar-refractivity contribution in [3.8, 4) is 12.0 Å². The van der Waals surface area contributed by atoms with Crippen molar-refractivity contribution >= 4 is 10.1 Å². The normalized spacial score (nSPS) is 11.3. The summed E-state index contributed by atoms with van der Waals surface area (Å²) in [5, 5.41) is 8.37. The van der Waals surface area contributed by atoms with Crippen LogP contribution < -0.4 is 4.74 Å². The van der Waals surface area contributed by atoms with Gasteiger partial charge in [-0.25, -0.2) is 0 Å². The summed E-state index contributed by atoms with van der Waals surface area (Å²) in [5.74, 6) is 0.296. The zero-order valence-electron chi connectivity index (χ0n) is 11.7. The third-order valence-electron chi connectivity index (χ3n) is 2.76. The number of hydrogen-bond donors (Lipinski definition) is 0. The van der Waals surface area contributed by atoms with Gasteiger partial charge in [0.05, 0.1) is 11.0 Å². The molecule has 0 N–H and O–H groups in total. The van der Waals surface area contributed by atoms with Crippen LogP contribution in [0.25, 0.3) is 0 Å². The molecule has 0 fully saturated rings. The number of rotatable bonds is 8. The molecule has 0 heterocycles. The molecule has 0 aliphatic carbocycles. The Bertz CT molecular complexity index is 540. The van der Waals surface area contributed by atoms with Gasteiger partial charge < -0.3 is 4.74 Å². The van der Waals surface area contributed by atoms with Crippen LogP contribution in [-0.4, -0.2) is 14.5 Å². The zero-order valence-corrected chi connectivity index (χ0v) is 12.5. The molecular formula is C14H19NO4S. The monoisotopic (exact) mass is 297 g/mol. The highest BCUT2D eigenvalue weighted by molar-refractivity contribution is 7.86. The zero-order chi connectivity index (χ0) is 15.0. The van der Waals surface area contributed by atoms with Crippen molar-refractivity contribution in [2.24, 2.45) is 0 Å². The topological polar surface area (TPSA) is 76.4 Å². The van der Waals surface area contributed by atoms with Crippen molar-refractivity contribution in [1.29, 1.82) is 5.26 Å². The SMILES string of the molecule is CCCC(CCC)OS(=O)(=O)c1ccc(OC#N)cc1. The molecule has 110 valence electrons. The third-order valence-corrected chi connectivity index (χ3v) is 4.14. The first kappa shape index (κ1) is 16.5. The second-order valence-corrected chi connectivity index (χ2v) is 5.99. The van der Waals surface area contributed by atoms with E-state index in [9.17, 15) is 8.42 Å². The quantitative estimate of drug-likeness (QED) is 0.544. The molecule has 1 aromatic carbocycles. The Morgan fingerprint density at radius 2 is 1.70 bits per heavy atom. The summed E-state index contributed by atoms with van der Waals surface area (Å²) in [6, 6.07) is 5.59. The van der Waals surface area contributed by atoms with Crippen molar-refractivity contribution < 1.29 is 17.3 Å². The van der Waals surface area contributed by atoms with Crippen LogP contribution in [0.4, 0.5) is 0 Å². The van der Waals surface area contributed by atoms with Crippen LogP contribution in [0, 0.1) is 11.5 Å². The van der Waals surface area contributed by atoms with Crippen molar-refractivity contribution in [3.63, 3.8) is 0 Å². The summed E-state index contributed by atoms with van der Waals surface area (Å²) in [6.07, 6.45) is 4.40. The Morgan fingerprint density at radius 1 is 1.15 bits per heavy atom. The lowest BCUT2D eigenvalue weighted by atomic mass is 10.1. The van der Waals surface area contributed by atoms with E-state index < -0.39 is 10.1 Å². The minimum absolute atomic E-state index is 0.0694. The fourth-order valence-electron chi connectivity index (χ4n) is 1.85. The maximum Gasteiger partial charge on any atom is 0.297 e. The Hall–Kier alpha value is -1.58. The third kappa shape index (κ3) is 4.83. The molecule has 20 heavy (non-hydrogen) atoms. The summed E-state index contributed by atoms with van der Waals surface area (Å²) in [5.41, 5.74) is 0. The van der Waals surface area contributed by atoms with E-state index in [4.69, 9.17) is 9.44 Å². The van der Waals surface area contributed by atoms with Crippen LogP contribution >= 0.6 is 0 Å². The van der Waals surface area contributed by atoms with Crippen LogP contribution in [0.15, 0.2) is 29.2 Å². The lowest BCUT2D eigenvalue weighted by Gasteiger charge is -2.16. The minimum atomic E-state index is -3.77. The van der Waals surface area contributed by atoms with Crippen LogP contribution in [0.3, 0.4) is 0 Å². The highest BCUT2D eigenvalue weighted by atomic mass is 32.2. The molecule has 1 aromatic rings. The van der Waals surface area contributed by atoms with Crippen molar-refractivity contribution in [1.82, 2.24) is 0 Å². The molecule has 5 nitrogen and oxygen atoms in total. The molecule has 0 unspecified atom stereocenters. The number of nitriles is 1. The van der Waals surface area contributed by atoms with Crippen LogP contribution in [0.1, 0.15) is 39.5 Å². The van der Waals surface area contributed by atoms with Gasteiger partial charge in [-0.3, -0.25) is 4.18 Å². The summed E-state index contributed by atoms with van der Waals surface area (Å²) < 4.78 is 34.1. The number of ether oxygens (including phenoxy) is 1. The van der Waals surface area contributed by atoms with Gasteiger partial charge >= 0.3 is 0 Å². The smallest absolute Gasteiger partial charge is 0.297 e. The van der Waals surface area contributed by atoms with Gasteiger partial charge in [-0.15, -0.1) is 5.26 Å². The highest BCUT2D eigenvalue weighted by Gasteiger charge is 2.20. The van der Waals surface area contributed by atoms with E-state index in [1.54, 1.807) is 0 Å². The molecule has 0 aromatic heterocycles. The Morgan fingerprint density at radius 3 is 2.15 bits per heavy atom. The largest absolute Gasteiger partial charge is 0.388 e. The first-order valence-corrected chi connectivity index (χ1v) is 8.03. The molecule has 0 aliphatic rings. The summed E-state index contributed by atoms with van der Waals surface area (Å²) in [7, 11) is -3.77. The summed E-state index contributed by atoms with van der Waals surface area (Å²) >= 11 is 0. The fourth-order valence-corrected chi connectivity index (χ4v) is 2.98. The average molecular weight is 297 g/mol. The van der Waals surface area contributed by atoms with E-state index in [0.29, 0.717) is 18.6 Å². The molecule has 6 heteroatoms. The maximum atomic E-state index is 12.1. The van der Waals surface area contributed by atoms with Gasteiger partial charge in [-0.1, -0.05) is 26.7 Å². The number of hydrogen-bond acceptors (Lipinski definition) is 5. The first-order valence-electron chi connectivity index (χ1n) is 6.62. The predicted octanol–water partition coefficient (Wildman–Crippen LogP) is 3.22. The van der Waals surface area contributed by atoms with Gasteiger partial charge in [0.1, 0.15) is 5.75 Å². The standard InChI is InChI=1S/C14H19NO4S/c1-3-5-13(6-4-2)19-20(16,17)14-9-7-12(8-10-14)18-11-15/h7-10,13H,3-6H2,1-2H3. The van der Waals surface area contributed by atoms with Crippen LogP contribution in [0.2, 0.25) is 0 Å². The molecule has 0 aliphatic heterocycles. The van der Waals surface area contributed by atoms with E-state index in [-0.39, 0.29) is 11.0 Å². The Labute approximate surface area is 120 Å². The lowest BCUT2D eigenvalue weighted by Crippen LogP contribution is -2.18. The van der Waals surface area contributed by atoms with E-state index >= 15 is 0 Å². The first-order chi connectivity index (χ1) is 9.53. The fraction of sp³-hybridized carbons (Fsp3) is 0.500. The molecule has 0 saturated heterocycles. The molecular weight excluding hydrogens is 278 g/mol. The van der Waals surface area contributed by atoms with Crippen LogP contribution in [0.5, 0.6) is 5.75 Å². The Balaban J connectivity index is 2.84. The lowest BCUT2D eigenvalue weighted by molar-refractivity contribution is 0.186. The summed E-state index contributed by atoms with van der Waals surface area (Å²) in [4.78, 5) is 0.0694. The van der Waals surface area contributed by atoms with Gasteiger partial charge in [-0.05, 0) is 37.1 Å². The second kappa shape index (κ2) is 7.88. The van der Waals surface area contributed by atoms with E-state index in [0.717, 1.165) is 12.8 Å². The van der Waals surface area contributed by atoms with Gasteiger partial charge in [0, 0.05) is 0 Å². The Kier molecular flexibility index (Phi) is 6.49. The van der Waals surface area contributed by atoms with Crippen molar-refractivity contribution in [3.05, 3.63) is 24.3 Å². The molecule has 0 saturated carbocycles. The van der Waals surface area contributed by atoms with Gasteiger partial charge in [0.15, 0.2) is 0 Å². The molecule has 0 amide bonds. The van der Waals surface area contributed by atoms with Crippen molar-refractivity contribution in [2.45, 2.75) is 50.5 Å². The van der Waals surface area contributed by atoms with Crippen molar-refractivity contribution in [2.75, 3.05) is 0 Å². The van der Waals surface area contributed by atoms with Gasteiger partial charge in [0.2, 0.25) is 0 Å². The molecule has 0 bridgehead atoms. The molecule has 1 rings (SSSR count). The number of nitrogens with zero attached hydrogens (tertiary/aromatic N) is 1. The van der Waals surface area contributed by atoms with E-state index in [2.05, 4.69) is 4.74 Å². The second-order valence-electron chi connectivity index (χ2n) is 4.41. The van der Waals surface area contributed by atoms with Gasteiger partial charge in [-0.2, -0.15) is 8.42 Å². The van der Waals surface area contributed by atoms with E-state index in [1.165, 1.54) is 30.5 Å². The summed E-state index contributed by atoms with van der Waals surface area (Å²) in [6.45, 7) is 3.99.